The molecule has 0 radical (unpaired) electrons. The van der Waals surface area contributed by atoms with Crippen LogP contribution in [0.4, 0.5) is 0 Å². The maximum absolute atomic E-state index is 13.7. The molecular formula is C30H48N2O6S. The zero-order chi connectivity index (χ0) is 26.6. The molecule has 6 rings (SSSR count). The van der Waals surface area contributed by atoms with Crippen LogP contribution in [0.25, 0.3) is 0 Å². The summed E-state index contributed by atoms with van der Waals surface area (Å²) < 4.78 is 23.8. The van der Waals surface area contributed by atoms with E-state index in [0.29, 0.717) is 43.0 Å². The first-order chi connectivity index (χ1) is 19.2. The van der Waals surface area contributed by atoms with Crippen molar-refractivity contribution in [1.29, 1.82) is 0 Å². The van der Waals surface area contributed by atoms with Gasteiger partial charge < -0.3 is 29.0 Å². The van der Waals surface area contributed by atoms with Gasteiger partial charge in [-0.25, -0.2) is 0 Å². The van der Waals surface area contributed by atoms with Crippen molar-refractivity contribution in [2.45, 2.75) is 88.0 Å². The molecule has 0 aromatic rings. The number of unbranched alkanes of at least 4 members (excludes halogenated alkanes) is 1. The zero-order valence-electron chi connectivity index (χ0n) is 23.4. The Hall–Kier alpha value is -0.840. The molecule has 0 bridgehead atoms. The standard InChI is InChI=1S/C30H48N2O6S/c33-13-3-4-14-35-29-17-22(24-19-39-28-6-2-1-5-23(24)28)16-27(38-29)30(34)32-11-9-31(10-12-32)18-21-7-8-25-26(15-21)37-20-36-25/h16,21-26,28-29,33H,1-15,17-20H2/t21?,22-,23?,24?,25?,26?,28?,29+/m1/s1. The number of fused-ring (bicyclic) bond motifs is 2. The van der Waals surface area contributed by atoms with Crippen molar-refractivity contribution in [2.75, 3.05) is 58.5 Å². The number of rotatable bonds is 9. The van der Waals surface area contributed by atoms with Gasteiger partial charge in [-0.05, 0) is 80.4 Å². The van der Waals surface area contributed by atoms with E-state index in [1.807, 2.05) is 4.90 Å². The molecule has 0 aromatic heterocycles. The summed E-state index contributed by atoms with van der Waals surface area (Å²) in [5.74, 6) is 4.08. The Balaban J connectivity index is 1.05. The summed E-state index contributed by atoms with van der Waals surface area (Å²) >= 11 is 2.16. The minimum Gasteiger partial charge on any atom is -0.459 e. The quantitative estimate of drug-likeness (QED) is 0.426. The van der Waals surface area contributed by atoms with Crippen LogP contribution in [0.5, 0.6) is 0 Å². The molecule has 6 aliphatic rings. The molecular weight excluding hydrogens is 516 g/mol. The minimum atomic E-state index is -0.372. The van der Waals surface area contributed by atoms with Gasteiger partial charge in [0.05, 0.1) is 18.8 Å². The molecule has 8 atom stereocenters. The number of aliphatic hydroxyl groups excluding tert-OH is 1. The maximum Gasteiger partial charge on any atom is 0.288 e. The molecule has 4 aliphatic heterocycles. The van der Waals surface area contributed by atoms with Gasteiger partial charge in [-0.2, -0.15) is 11.8 Å². The lowest BCUT2D eigenvalue weighted by atomic mass is 9.73. The highest BCUT2D eigenvalue weighted by molar-refractivity contribution is 8.00. The third-order valence-corrected chi connectivity index (χ3v) is 11.7. The lowest BCUT2D eigenvalue weighted by Crippen LogP contribution is -2.51. The number of thioether (sulfide) groups is 1. The number of ether oxygens (including phenoxy) is 4. The van der Waals surface area contributed by atoms with Gasteiger partial charge in [0.2, 0.25) is 6.29 Å². The van der Waals surface area contributed by atoms with Crippen molar-refractivity contribution in [2.24, 2.45) is 23.7 Å². The van der Waals surface area contributed by atoms with E-state index in [1.165, 1.54) is 37.9 Å². The highest BCUT2D eigenvalue weighted by Gasteiger charge is 2.44. The van der Waals surface area contributed by atoms with Gasteiger partial charge >= 0.3 is 0 Å². The average molecular weight is 565 g/mol. The second kappa shape index (κ2) is 13.4. The maximum atomic E-state index is 13.7. The van der Waals surface area contributed by atoms with Crippen molar-refractivity contribution >= 4 is 17.7 Å². The van der Waals surface area contributed by atoms with Crippen LogP contribution in [-0.2, 0) is 23.7 Å². The van der Waals surface area contributed by atoms with Crippen LogP contribution >= 0.6 is 11.8 Å². The Morgan fingerprint density at radius 3 is 2.72 bits per heavy atom. The van der Waals surface area contributed by atoms with E-state index in [4.69, 9.17) is 24.1 Å². The Morgan fingerprint density at radius 1 is 1.00 bits per heavy atom. The average Bonchev–Trinajstić information content (AvgIpc) is 3.62. The molecule has 39 heavy (non-hydrogen) atoms. The summed E-state index contributed by atoms with van der Waals surface area (Å²) in [6.07, 6.45) is 13.5. The molecule has 4 heterocycles. The van der Waals surface area contributed by atoms with Crippen LogP contribution in [-0.4, -0.2) is 103 Å². The molecule has 220 valence electrons. The first-order valence-corrected chi connectivity index (χ1v) is 16.7. The Kier molecular flexibility index (Phi) is 9.74. The molecule has 1 amide bonds. The van der Waals surface area contributed by atoms with E-state index >= 15 is 0 Å². The highest BCUT2D eigenvalue weighted by atomic mass is 32.2. The number of aliphatic hydroxyl groups is 1. The number of hydrogen-bond acceptors (Lipinski definition) is 8. The monoisotopic (exact) mass is 564 g/mol. The van der Waals surface area contributed by atoms with Crippen LogP contribution in [0.2, 0.25) is 0 Å². The van der Waals surface area contributed by atoms with Gasteiger partial charge in [0, 0.05) is 51.0 Å². The molecule has 1 N–H and O–H groups in total. The van der Waals surface area contributed by atoms with E-state index in [9.17, 15) is 4.79 Å². The van der Waals surface area contributed by atoms with Crippen LogP contribution in [0.15, 0.2) is 11.8 Å². The van der Waals surface area contributed by atoms with Crippen molar-refractivity contribution in [1.82, 2.24) is 9.80 Å². The van der Waals surface area contributed by atoms with Crippen LogP contribution in [0.3, 0.4) is 0 Å². The van der Waals surface area contributed by atoms with Gasteiger partial charge in [-0.3, -0.25) is 9.69 Å². The van der Waals surface area contributed by atoms with Gasteiger partial charge in [0.1, 0.15) is 6.79 Å². The van der Waals surface area contributed by atoms with Crippen molar-refractivity contribution < 1.29 is 28.8 Å². The first kappa shape index (κ1) is 28.3. The SMILES string of the molecule is O=C(C1=C[C@@H](C2CSC3CCCCC32)C[C@@H](OCCCCO)O1)N1CCN(CC2CCC3OCOC3C2)CC1. The molecule has 3 saturated heterocycles. The number of hydrogen-bond donors (Lipinski definition) is 1. The van der Waals surface area contributed by atoms with E-state index in [0.717, 1.165) is 76.0 Å². The molecule has 9 heteroatoms. The number of amides is 1. The fourth-order valence-electron chi connectivity index (χ4n) is 7.87. The minimum absolute atomic E-state index is 0.0335. The fourth-order valence-corrected chi connectivity index (χ4v) is 9.75. The lowest BCUT2D eigenvalue weighted by Gasteiger charge is -2.40. The first-order valence-electron chi connectivity index (χ1n) is 15.7. The number of carbonyl (C=O) groups is 1. The molecule has 5 fully saturated rings. The largest absolute Gasteiger partial charge is 0.459 e. The van der Waals surface area contributed by atoms with Crippen molar-refractivity contribution in [3.8, 4) is 0 Å². The van der Waals surface area contributed by atoms with Gasteiger partial charge in [0.25, 0.3) is 5.91 Å². The summed E-state index contributed by atoms with van der Waals surface area (Å²) in [6.45, 7) is 5.59. The van der Waals surface area contributed by atoms with Gasteiger partial charge in [0.15, 0.2) is 5.76 Å². The van der Waals surface area contributed by atoms with Crippen molar-refractivity contribution in [3.63, 3.8) is 0 Å². The molecule has 0 aromatic carbocycles. The number of allylic oxidation sites excluding steroid dienone is 1. The third-order valence-electron chi connectivity index (χ3n) is 10.1. The molecule has 2 saturated carbocycles. The molecule has 8 nitrogen and oxygen atoms in total. The third kappa shape index (κ3) is 6.81. The Bertz CT molecular complexity index is 851. The number of piperazine rings is 1. The second-order valence-electron chi connectivity index (χ2n) is 12.6. The van der Waals surface area contributed by atoms with Crippen LogP contribution in [0.1, 0.15) is 64.2 Å². The summed E-state index contributed by atoms with van der Waals surface area (Å²) in [5, 5.41) is 9.93. The van der Waals surface area contributed by atoms with E-state index in [2.05, 4.69) is 22.7 Å². The lowest BCUT2D eigenvalue weighted by molar-refractivity contribution is -0.158. The Morgan fingerprint density at radius 2 is 1.85 bits per heavy atom. The topological polar surface area (TPSA) is 80.7 Å². The summed E-state index contributed by atoms with van der Waals surface area (Å²) in [7, 11) is 0. The molecule has 2 aliphatic carbocycles. The van der Waals surface area contributed by atoms with Gasteiger partial charge in [-0.1, -0.05) is 12.8 Å². The van der Waals surface area contributed by atoms with E-state index in [1.54, 1.807) is 0 Å². The van der Waals surface area contributed by atoms with Crippen LogP contribution < -0.4 is 0 Å². The molecule has 6 unspecified atom stereocenters. The van der Waals surface area contributed by atoms with Crippen molar-refractivity contribution in [3.05, 3.63) is 11.8 Å². The number of carbonyl (C=O) groups excluding carboxylic acids is 1. The molecule has 0 spiro atoms. The normalized spacial score (nSPS) is 39.1. The van der Waals surface area contributed by atoms with E-state index < -0.39 is 0 Å². The zero-order valence-corrected chi connectivity index (χ0v) is 24.2. The van der Waals surface area contributed by atoms with E-state index in [-0.39, 0.29) is 24.9 Å². The highest BCUT2D eigenvalue weighted by Crippen LogP contribution is 2.50. The summed E-state index contributed by atoms with van der Waals surface area (Å²) in [5.41, 5.74) is 0. The van der Waals surface area contributed by atoms with Crippen LogP contribution in [0, 0.1) is 23.7 Å². The smallest absolute Gasteiger partial charge is 0.288 e. The number of nitrogens with zero attached hydrogens (tertiary/aromatic N) is 2. The predicted molar refractivity (Wildman–Crippen MR) is 150 cm³/mol. The second-order valence-corrected chi connectivity index (χ2v) is 13.8. The fraction of sp³-hybridized carbons (Fsp3) is 0.900. The van der Waals surface area contributed by atoms with Gasteiger partial charge in [-0.15, -0.1) is 0 Å². The summed E-state index contributed by atoms with van der Waals surface area (Å²) in [6, 6.07) is 0. The predicted octanol–water partition coefficient (Wildman–Crippen LogP) is 3.63. The summed E-state index contributed by atoms with van der Waals surface area (Å²) in [4.78, 5) is 18.2. The Labute approximate surface area is 238 Å².